The number of amides is 1. The topological polar surface area (TPSA) is 87.3 Å². The lowest BCUT2D eigenvalue weighted by Gasteiger charge is -2.45. The number of aryl methyl sites for hydroxylation is 1. The minimum absolute atomic E-state index is 0.0995. The lowest BCUT2D eigenvalue weighted by Crippen LogP contribution is -2.48. The van der Waals surface area contributed by atoms with Crippen LogP contribution in [0.3, 0.4) is 0 Å². The zero-order chi connectivity index (χ0) is 31.4. The molecular weight excluding hydrogens is 590 g/mol. The first-order valence-electron chi connectivity index (χ1n) is 14.1. The quantitative estimate of drug-likeness (QED) is 0.355. The molecule has 232 valence electrons. The number of alkyl halides is 6. The van der Waals surface area contributed by atoms with Gasteiger partial charge < -0.3 is 14.2 Å². The Labute approximate surface area is 248 Å². The highest BCUT2D eigenvalue weighted by atomic mass is 19.4. The minimum Gasteiger partial charge on any atom is -0.366 e. The van der Waals surface area contributed by atoms with Gasteiger partial charge in [-0.15, -0.1) is 10.2 Å². The molecule has 1 amide bonds. The Bertz CT molecular complexity index is 1620. The Kier molecular flexibility index (Phi) is 7.44. The van der Waals surface area contributed by atoms with Gasteiger partial charge in [-0.05, 0) is 53.8 Å². The van der Waals surface area contributed by atoms with Gasteiger partial charge in [0.25, 0.3) is 5.91 Å². The molecule has 6 rings (SSSR count). The molecule has 2 aliphatic heterocycles. The van der Waals surface area contributed by atoms with Crippen molar-refractivity contribution < 1.29 is 35.9 Å². The molecule has 3 aromatic rings. The van der Waals surface area contributed by atoms with E-state index in [1.165, 1.54) is 15.9 Å². The molecule has 0 bridgehead atoms. The number of carbonyl (C=O) groups excluding carboxylic acids is 1. The first kappa shape index (κ1) is 30.1. The summed E-state index contributed by atoms with van der Waals surface area (Å²) in [5, 5.41) is 17.6. The molecule has 14 heteroatoms. The summed E-state index contributed by atoms with van der Waals surface area (Å²) in [6.07, 6.45) is -8.21. The Morgan fingerprint density at radius 3 is 2.57 bits per heavy atom. The van der Waals surface area contributed by atoms with Gasteiger partial charge in [0.15, 0.2) is 6.10 Å². The van der Waals surface area contributed by atoms with Crippen molar-refractivity contribution in [3.63, 3.8) is 0 Å². The van der Waals surface area contributed by atoms with Crippen LogP contribution < -0.4 is 4.90 Å². The number of carbonyl (C=O) groups is 1. The fourth-order valence-corrected chi connectivity index (χ4v) is 6.55. The van der Waals surface area contributed by atoms with E-state index in [1.807, 2.05) is 13.1 Å². The minimum atomic E-state index is -4.78. The molecule has 0 spiro atoms. The van der Waals surface area contributed by atoms with E-state index in [1.54, 1.807) is 29.1 Å². The van der Waals surface area contributed by atoms with E-state index in [0.29, 0.717) is 24.9 Å². The standard InChI is InChI=1S/C30H28F6N6O2/c1-40-17-38-39-26(40)12-28(10-19(11-28)13-37)20-3-2-4-21(9-20)42-15-23-22(27(42)43)7-18(8-24(23)29(31,32)33)14-41-5-6-44-25(16-41)30(34,35)36/h2-4,7-9,17,19,25H,5-6,10-12,14-16H2,1H3. The third-order valence-electron chi connectivity index (χ3n) is 8.86. The summed E-state index contributed by atoms with van der Waals surface area (Å²) in [6, 6.07) is 11.6. The number of halogens is 6. The fraction of sp³-hybridized carbons (Fsp3) is 0.467. The van der Waals surface area contributed by atoms with Crippen molar-refractivity contribution in [2.24, 2.45) is 13.0 Å². The van der Waals surface area contributed by atoms with Crippen molar-refractivity contribution in [3.05, 3.63) is 76.4 Å². The summed E-state index contributed by atoms with van der Waals surface area (Å²) in [5.41, 5.74) is -0.371. The number of nitrogens with zero attached hydrogens (tertiary/aromatic N) is 6. The first-order valence-corrected chi connectivity index (χ1v) is 14.1. The van der Waals surface area contributed by atoms with Crippen molar-refractivity contribution in [1.29, 1.82) is 5.26 Å². The fourth-order valence-electron chi connectivity index (χ4n) is 6.55. The van der Waals surface area contributed by atoms with Crippen molar-refractivity contribution in [1.82, 2.24) is 19.7 Å². The molecule has 0 radical (unpaired) electrons. The molecule has 1 aromatic heterocycles. The molecule has 1 saturated carbocycles. The predicted octanol–water partition coefficient (Wildman–Crippen LogP) is 5.17. The SMILES string of the molecule is Cn1cnnc1CC1(c2cccc(N3Cc4c(cc(CN5CCOC(C(F)(F)F)C5)cc4C(F)(F)F)C3=O)c2)CC(C#N)C1. The van der Waals surface area contributed by atoms with Gasteiger partial charge in [0.2, 0.25) is 0 Å². The zero-order valence-corrected chi connectivity index (χ0v) is 23.6. The number of morpholine rings is 1. The van der Waals surface area contributed by atoms with Crippen LogP contribution in [-0.4, -0.2) is 57.5 Å². The molecule has 44 heavy (non-hydrogen) atoms. The molecule has 1 unspecified atom stereocenters. The third kappa shape index (κ3) is 5.54. The van der Waals surface area contributed by atoms with E-state index < -0.39 is 41.9 Å². The van der Waals surface area contributed by atoms with E-state index >= 15 is 0 Å². The number of benzene rings is 2. The number of hydrogen-bond acceptors (Lipinski definition) is 6. The van der Waals surface area contributed by atoms with Crippen LogP contribution >= 0.6 is 0 Å². The van der Waals surface area contributed by atoms with Crippen molar-refractivity contribution in [3.8, 4) is 6.07 Å². The van der Waals surface area contributed by atoms with Gasteiger partial charge in [-0.2, -0.15) is 31.6 Å². The smallest absolute Gasteiger partial charge is 0.366 e. The molecule has 3 heterocycles. The van der Waals surface area contributed by atoms with Crippen LogP contribution in [0.4, 0.5) is 32.0 Å². The van der Waals surface area contributed by atoms with Gasteiger partial charge in [0, 0.05) is 55.7 Å². The average molecular weight is 619 g/mol. The third-order valence-corrected chi connectivity index (χ3v) is 8.86. The molecule has 2 aromatic carbocycles. The van der Waals surface area contributed by atoms with E-state index in [-0.39, 0.29) is 48.8 Å². The van der Waals surface area contributed by atoms with Gasteiger partial charge in [0.1, 0.15) is 12.2 Å². The Morgan fingerprint density at radius 1 is 1.14 bits per heavy atom. The van der Waals surface area contributed by atoms with Crippen LogP contribution in [0.15, 0.2) is 42.7 Å². The molecular formula is C30H28F6N6O2. The lowest BCUT2D eigenvalue weighted by molar-refractivity contribution is -0.237. The van der Waals surface area contributed by atoms with E-state index in [9.17, 15) is 36.4 Å². The molecule has 3 aliphatic rings. The monoisotopic (exact) mass is 618 g/mol. The van der Waals surface area contributed by atoms with E-state index in [2.05, 4.69) is 16.3 Å². The van der Waals surface area contributed by atoms with Crippen molar-refractivity contribution in [2.75, 3.05) is 24.6 Å². The van der Waals surface area contributed by atoms with E-state index in [4.69, 9.17) is 4.74 Å². The maximum Gasteiger partial charge on any atom is 0.416 e. The lowest BCUT2D eigenvalue weighted by atomic mass is 9.57. The van der Waals surface area contributed by atoms with E-state index in [0.717, 1.165) is 17.5 Å². The maximum absolute atomic E-state index is 14.3. The van der Waals surface area contributed by atoms with Crippen LogP contribution in [0.1, 0.15) is 51.3 Å². The second-order valence-electron chi connectivity index (χ2n) is 11.8. The maximum atomic E-state index is 14.3. The van der Waals surface area contributed by atoms with Crippen LogP contribution in [0.5, 0.6) is 0 Å². The van der Waals surface area contributed by atoms with Gasteiger partial charge >= 0.3 is 12.4 Å². The van der Waals surface area contributed by atoms with Gasteiger partial charge in [0.05, 0.1) is 24.8 Å². The number of fused-ring (bicyclic) bond motifs is 1. The number of aromatic nitrogens is 3. The summed E-state index contributed by atoms with van der Waals surface area (Å²) in [5.74, 6) is -0.0543. The van der Waals surface area contributed by atoms with Crippen LogP contribution in [0.25, 0.3) is 0 Å². The molecule has 2 fully saturated rings. The summed E-state index contributed by atoms with van der Waals surface area (Å²) in [6.45, 7) is -1.12. The summed E-state index contributed by atoms with van der Waals surface area (Å²) >= 11 is 0. The van der Waals surface area contributed by atoms with Crippen molar-refractivity contribution >= 4 is 11.6 Å². The molecule has 1 aliphatic carbocycles. The summed E-state index contributed by atoms with van der Waals surface area (Å²) < 4.78 is 89.1. The Morgan fingerprint density at radius 2 is 1.91 bits per heavy atom. The van der Waals surface area contributed by atoms with Gasteiger partial charge in [-0.3, -0.25) is 9.69 Å². The van der Waals surface area contributed by atoms with Crippen molar-refractivity contribution in [2.45, 2.75) is 56.2 Å². The van der Waals surface area contributed by atoms with Crippen LogP contribution in [0, 0.1) is 17.2 Å². The molecule has 8 nitrogen and oxygen atoms in total. The second-order valence-corrected chi connectivity index (χ2v) is 11.8. The van der Waals surface area contributed by atoms with Crippen LogP contribution in [-0.2, 0) is 42.9 Å². The number of nitriles is 1. The Hall–Kier alpha value is -3.96. The Balaban J connectivity index is 1.30. The highest BCUT2D eigenvalue weighted by Gasteiger charge is 2.48. The predicted molar refractivity (Wildman–Crippen MR) is 144 cm³/mol. The molecule has 0 N–H and O–H groups in total. The second kappa shape index (κ2) is 10.9. The highest BCUT2D eigenvalue weighted by Crippen LogP contribution is 2.50. The van der Waals surface area contributed by atoms with Gasteiger partial charge in [-0.25, -0.2) is 0 Å². The number of anilines is 1. The largest absolute Gasteiger partial charge is 0.416 e. The molecule has 1 atom stereocenters. The summed E-state index contributed by atoms with van der Waals surface area (Å²) in [7, 11) is 1.82. The number of hydrogen-bond donors (Lipinski definition) is 0. The molecule has 1 saturated heterocycles. The van der Waals surface area contributed by atoms with Gasteiger partial charge in [-0.1, -0.05) is 12.1 Å². The first-order chi connectivity index (χ1) is 20.8. The number of rotatable bonds is 6. The average Bonchev–Trinajstić information content (AvgIpc) is 3.51. The van der Waals surface area contributed by atoms with Crippen LogP contribution in [0.2, 0.25) is 0 Å². The zero-order valence-electron chi connectivity index (χ0n) is 23.6. The normalized spacial score (nSPS) is 24.2. The number of ether oxygens (including phenoxy) is 1. The summed E-state index contributed by atoms with van der Waals surface area (Å²) in [4.78, 5) is 16.3. The highest BCUT2D eigenvalue weighted by molar-refractivity contribution is 6.10.